The summed E-state index contributed by atoms with van der Waals surface area (Å²) in [5.74, 6) is 0.0118. The zero-order valence-corrected chi connectivity index (χ0v) is 11.4. The molecule has 8 nitrogen and oxygen atoms in total. The Morgan fingerprint density at radius 2 is 2.10 bits per heavy atom. The van der Waals surface area contributed by atoms with E-state index < -0.39 is 15.6 Å². The highest BCUT2D eigenvalue weighted by Gasteiger charge is 2.20. The van der Waals surface area contributed by atoms with Gasteiger partial charge in [-0.2, -0.15) is 13.5 Å². The number of hydrogen-bond acceptors (Lipinski definition) is 6. The first-order valence-corrected chi connectivity index (χ1v) is 7.28. The first-order valence-electron chi connectivity index (χ1n) is 5.80. The van der Waals surface area contributed by atoms with Crippen LogP contribution in [0.3, 0.4) is 0 Å². The number of aromatic amines is 1. The second-order valence-electron chi connectivity index (χ2n) is 3.80. The topological polar surface area (TPSA) is 117 Å². The molecule has 0 aromatic carbocycles. The zero-order valence-electron chi connectivity index (χ0n) is 10.6. The van der Waals surface area contributed by atoms with Crippen molar-refractivity contribution >= 4 is 21.5 Å². The number of pyridine rings is 1. The van der Waals surface area contributed by atoms with Gasteiger partial charge in [0.25, 0.3) is 15.6 Å². The maximum Gasteiger partial charge on any atom is 0.282 e. The highest BCUT2D eigenvalue weighted by Crippen LogP contribution is 2.19. The van der Waals surface area contributed by atoms with Crippen molar-refractivity contribution < 1.29 is 8.42 Å². The third-order valence-electron chi connectivity index (χ3n) is 2.31. The molecule has 0 amide bonds. The largest absolute Gasteiger partial charge is 0.383 e. The van der Waals surface area contributed by atoms with Gasteiger partial charge in [-0.1, -0.05) is 0 Å². The van der Waals surface area contributed by atoms with Gasteiger partial charge in [-0.3, -0.25) is 9.52 Å². The summed E-state index contributed by atoms with van der Waals surface area (Å²) in [6, 6.07) is 5.70. The number of H-pyrrole nitrogens is 1. The van der Waals surface area contributed by atoms with E-state index in [1.165, 1.54) is 18.3 Å². The molecule has 3 N–H and O–H groups in total. The Balaban J connectivity index is 2.35. The molecule has 0 radical (unpaired) electrons. The van der Waals surface area contributed by atoms with Crippen LogP contribution in [0.1, 0.15) is 6.92 Å². The number of hydrogen-bond donors (Lipinski definition) is 3. The number of anilines is 2. The van der Waals surface area contributed by atoms with Crippen LogP contribution in [-0.2, 0) is 10.0 Å². The van der Waals surface area contributed by atoms with Gasteiger partial charge in [-0.25, -0.2) is 10.1 Å². The summed E-state index contributed by atoms with van der Waals surface area (Å²) in [4.78, 5) is 14.7. The van der Waals surface area contributed by atoms with Gasteiger partial charge < -0.3 is 5.32 Å². The Morgan fingerprint density at radius 3 is 2.75 bits per heavy atom. The molecule has 0 aliphatic heterocycles. The van der Waals surface area contributed by atoms with Crippen molar-refractivity contribution in [3.63, 3.8) is 0 Å². The first-order chi connectivity index (χ1) is 9.53. The van der Waals surface area contributed by atoms with E-state index >= 15 is 0 Å². The van der Waals surface area contributed by atoms with Gasteiger partial charge in [-0.05, 0) is 25.1 Å². The number of rotatable bonds is 5. The molecule has 20 heavy (non-hydrogen) atoms. The van der Waals surface area contributed by atoms with Gasteiger partial charge >= 0.3 is 0 Å². The first kappa shape index (κ1) is 14.0. The van der Waals surface area contributed by atoms with Crippen LogP contribution < -0.4 is 15.6 Å². The second kappa shape index (κ2) is 5.70. The van der Waals surface area contributed by atoms with Crippen molar-refractivity contribution in [1.82, 2.24) is 15.2 Å². The Labute approximate surface area is 115 Å². The van der Waals surface area contributed by atoms with Crippen LogP contribution in [-0.4, -0.2) is 30.1 Å². The molecule has 0 spiro atoms. The molecule has 106 valence electrons. The zero-order chi connectivity index (χ0) is 14.6. The molecule has 0 bridgehead atoms. The molecule has 0 unspecified atom stereocenters. The number of aromatic nitrogens is 3. The van der Waals surface area contributed by atoms with Gasteiger partial charge in [0.2, 0.25) is 0 Å². The van der Waals surface area contributed by atoms with Crippen molar-refractivity contribution in [3.8, 4) is 0 Å². The highest BCUT2D eigenvalue weighted by molar-refractivity contribution is 7.92. The fourth-order valence-corrected chi connectivity index (χ4v) is 2.63. The smallest absolute Gasteiger partial charge is 0.282 e. The number of sulfonamides is 1. The Kier molecular flexibility index (Phi) is 3.99. The highest BCUT2D eigenvalue weighted by atomic mass is 32.2. The SMILES string of the molecule is CCNc1cccnc1S(=O)(=O)Nc1ccc(=O)[nH]n1. The van der Waals surface area contributed by atoms with Gasteiger partial charge in [0.15, 0.2) is 10.8 Å². The minimum Gasteiger partial charge on any atom is -0.383 e. The predicted molar refractivity (Wildman–Crippen MR) is 74.1 cm³/mol. The summed E-state index contributed by atoms with van der Waals surface area (Å²) in [5.41, 5.74) is -0.0222. The van der Waals surface area contributed by atoms with Crippen molar-refractivity contribution in [1.29, 1.82) is 0 Å². The van der Waals surface area contributed by atoms with Gasteiger partial charge in [-0.15, -0.1) is 0 Å². The number of nitrogens with one attached hydrogen (secondary N) is 3. The lowest BCUT2D eigenvalue weighted by Crippen LogP contribution is -2.19. The van der Waals surface area contributed by atoms with Crippen molar-refractivity contribution in [2.24, 2.45) is 0 Å². The lowest BCUT2D eigenvalue weighted by atomic mass is 10.4. The predicted octanol–water partition coefficient (Wildman–Crippen LogP) is 0.397. The molecule has 0 saturated heterocycles. The molecule has 0 aliphatic carbocycles. The van der Waals surface area contributed by atoms with Crippen LogP contribution in [0.5, 0.6) is 0 Å². The summed E-state index contributed by atoms with van der Waals surface area (Å²) in [6.07, 6.45) is 1.38. The van der Waals surface area contributed by atoms with E-state index in [9.17, 15) is 13.2 Å². The Morgan fingerprint density at radius 1 is 1.30 bits per heavy atom. The quantitative estimate of drug-likeness (QED) is 0.735. The van der Waals surface area contributed by atoms with Gasteiger partial charge in [0, 0.05) is 18.8 Å². The average Bonchev–Trinajstić information content (AvgIpc) is 2.42. The van der Waals surface area contributed by atoms with E-state index in [2.05, 4.69) is 25.2 Å². The maximum atomic E-state index is 12.2. The normalized spacial score (nSPS) is 11.1. The summed E-state index contributed by atoms with van der Waals surface area (Å²) >= 11 is 0. The van der Waals surface area contributed by atoms with Crippen molar-refractivity contribution in [2.75, 3.05) is 16.6 Å². The number of nitrogens with zero attached hydrogens (tertiary/aromatic N) is 2. The molecule has 2 rings (SSSR count). The van der Waals surface area contributed by atoms with Crippen LogP contribution >= 0.6 is 0 Å². The molecule has 0 fully saturated rings. The maximum absolute atomic E-state index is 12.2. The lowest BCUT2D eigenvalue weighted by Gasteiger charge is -2.10. The van der Waals surface area contributed by atoms with Crippen LogP contribution in [0.2, 0.25) is 0 Å². The molecule has 0 atom stereocenters. The van der Waals surface area contributed by atoms with E-state index in [1.807, 2.05) is 6.92 Å². The average molecular weight is 295 g/mol. The Bertz CT molecular complexity index is 736. The molecule has 9 heteroatoms. The monoisotopic (exact) mass is 295 g/mol. The summed E-state index contributed by atoms with van der Waals surface area (Å²) in [7, 11) is -3.89. The van der Waals surface area contributed by atoms with Gasteiger partial charge in [0.1, 0.15) is 0 Å². The third-order valence-corrected chi connectivity index (χ3v) is 3.62. The molecule has 2 aromatic heterocycles. The van der Waals surface area contributed by atoms with Gasteiger partial charge in [0.05, 0.1) is 5.69 Å². The van der Waals surface area contributed by atoms with E-state index in [4.69, 9.17) is 0 Å². The fourth-order valence-electron chi connectivity index (χ4n) is 1.52. The van der Waals surface area contributed by atoms with E-state index in [-0.39, 0.29) is 10.8 Å². The van der Waals surface area contributed by atoms with Crippen LogP contribution in [0.15, 0.2) is 40.3 Å². The van der Waals surface area contributed by atoms with E-state index in [1.54, 1.807) is 12.1 Å². The van der Waals surface area contributed by atoms with Crippen LogP contribution in [0.25, 0.3) is 0 Å². The molecule has 0 saturated carbocycles. The second-order valence-corrected chi connectivity index (χ2v) is 5.40. The molecule has 2 aromatic rings. The minimum absolute atomic E-state index is 0.0118. The van der Waals surface area contributed by atoms with E-state index in [0.29, 0.717) is 12.2 Å². The lowest BCUT2D eigenvalue weighted by molar-refractivity contribution is 0.597. The summed E-state index contributed by atoms with van der Waals surface area (Å²) in [5, 5.41) is 8.52. The molecular weight excluding hydrogens is 282 g/mol. The van der Waals surface area contributed by atoms with Crippen molar-refractivity contribution in [3.05, 3.63) is 40.8 Å². The van der Waals surface area contributed by atoms with Crippen molar-refractivity contribution in [2.45, 2.75) is 11.9 Å². The standard InChI is InChI=1S/C11H13N5O3S/c1-2-12-8-4-3-7-13-11(8)20(18,19)16-9-5-6-10(17)15-14-9/h3-7,12H,2H2,1H3,(H,14,16)(H,15,17). The van der Waals surface area contributed by atoms with Crippen LogP contribution in [0.4, 0.5) is 11.5 Å². The third kappa shape index (κ3) is 3.12. The summed E-state index contributed by atoms with van der Waals surface area (Å²) in [6.45, 7) is 2.41. The molecular formula is C11H13N5O3S. The molecule has 2 heterocycles. The van der Waals surface area contributed by atoms with E-state index in [0.717, 1.165) is 0 Å². The van der Waals surface area contributed by atoms with Crippen LogP contribution in [0, 0.1) is 0 Å². The molecule has 0 aliphatic rings. The minimum atomic E-state index is -3.89. The fraction of sp³-hybridized carbons (Fsp3) is 0.182. The Hall–Kier alpha value is -2.42. The summed E-state index contributed by atoms with van der Waals surface area (Å²) < 4.78 is 26.7.